The van der Waals surface area contributed by atoms with Crippen LogP contribution in [0.25, 0.3) is 0 Å². The number of hydrogen-bond acceptors (Lipinski definition) is 3. The molecule has 0 unspecified atom stereocenters. The molecule has 1 N–H and O–H groups in total. The maximum absolute atomic E-state index is 10.8. The Labute approximate surface area is 249 Å². The topological polar surface area (TPSA) is 55.8 Å². The van der Waals surface area contributed by atoms with Crippen LogP contribution in [0.5, 0.6) is 0 Å². The zero-order valence-corrected chi connectivity index (χ0v) is 29.5. The van der Waals surface area contributed by atoms with Gasteiger partial charge in [0.05, 0.1) is 12.2 Å². The molecule has 40 heavy (non-hydrogen) atoms. The van der Waals surface area contributed by atoms with Crippen LogP contribution >= 0.6 is 0 Å². The van der Waals surface area contributed by atoms with Crippen LogP contribution in [-0.2, 0) is 13.6 Å². The van der Waals surface area contributed by atoms with E-state index < -0.39 is 22.6 Å². The highest BCUT2D eigenvalue weighted by molar-refractivity contribution is 6.74. The van der Waals surface area contributed by atoms with E-state index in [0.717, 1.165) is 25.7 Å². The lowest BCUT2D eigenvalue weighted by molar-refractivity contribution is -0.136. The van der Waals surface area contributed by atoms with E-state index in [1.54, 1.807) is 0 Å². The van der Waals surface area contributed by atoms with Gasteiger partial charge in [-0.3, -0.25) is 4.79 Å². The molecule has 0 radical (unpaired) electrons. The van der Waals surface area contributed by atoms with Crippen molar-refractivity contribution in [1.82, 2.24) is 0 Å². The molecular weight excluding hydrogens is 529 g/mol. The number of carboxylic acid groups (broad SMARTS) is 1. The molecule has 0 aliphatic carbocycles. The van der Waals surface area contributed by atoms with Gasteiger partial charge in [0.25, 0.3) is 0 Å². The first kappa shape index (κ1) is 38.3. The normalized spacial score (nSPS) is 16.1. The summed E-state index contributed by atoms with van der Waals surface area (Å²) in [6.45, 7) is 24.8. The van der Waals surface area contributed by atoms with Gasteiger partial charge in [0.2, 0.25) is 0 Å². The van der Waals surface area contributed by atoms with Gasteiger partial charge in [-0.15, -0.1) is 0 Å². The van der Waals surface area contributed by atoms with Gasteiger partial charge in [-0.1, -0.05) is 121 Å². The monoisotopic (exact) mass is 588 g/mol. The summed E-state index contributed by atoms with van der Waals surface area (Å²) in [5.74, 6) is -0.770. The Morgan fingerprint density at radius 1 is 0.700 bits per heavy atom. The summed E-state index contributed by atoms with van der Waals surface area (Å²) >= 11 is 0. The number of allylic oxidation sites excluding steroid dienone is 8. The molecule has 0 saturated carbocycles. The molecule has 0 amide bonds. The molecule has 228 valence electrons. The summed E-state index contributed by atoms with van der Waals surface area (Å²) in [4.78, 5) is 10.8. The Kier molecular flexibility index (Phi) is 17.8. The van der Waals surface area contributed by atoms with Crippen molar-refractivity contribution in [1.29, 1.82) is 0 Å². The molecule has 0 spiro atoms. The lowest BCUT2D eigenvalue weighted by Crippen LogP contribution is -2.43. The smallest absolute Gasteiger partial charge is 0.303 e. The number of carboxylic acids is 1. The minimum atomic E-state index is -1.95. The molecular formula is C34H60O4Si2. The van der Waals surface area contributed by atoms with Gasteiger partial charge in [0.15, 0.2) is 16.6 Å². The minimum absolute atomic E-state index is 0.0443. The van der Waals surface area contributed by atoms with Crippen molar-refractivity contribution in [2.45, 2.75) is 135 Å². The van der Waals surface area contributed by atoms with Crippen molar-refractivity contribution in [2.75, 3.05) is 0 Å². The third-order valence-corrected chi connectivity index (χ3v) is 16.8. The van der Waals surface area contributed by atoms with Crippen LogP contribution in [0.2, 0.25) is 36.3 Å². The van der Waals surface area contributed by atoms with Gasteiger partial charge in [0.1, 0.15) is 0 Å². The van der Waals surface area contributed by atoms with E-state index in [1.807, 2.05) is 18.2 Å². The highest BCUT2D eigenvalue weighted by atomic mass is 28.4. The third-order valence-electron chi connectivity index (χ3n) is 7.76. The van der Waals surface area contributed by atoms with Gasteiger partial charge in [-0.05, 0) is 68.4 Å². The predicted octanol–water partition coefficient (Wildman–Crippen LogP) is 10.5. The van der Waals surface area contributed by atoms with Crippen LogP contribution in [0, 0.1) is 0 Å². The summed E-state index contributed by atoms with van der Waals surface area (Å²) in [5.41, 5.74) is 0. The molecule has 0 aliphatic rings. The fourth-order valence-corrected chi connectivity index (χ4v) is 5.74. The molecule has 0 bridgehead atoms. The second-order valence-corrected chi connectivity index (χ2v) is 23.0. The molecule has 0 heterocycles. The van der Waals surface area contributed by atoms with Crippen molar-refractivity contribution in [3.05, 3.63) is 72.9 Å². The standard InChI is InChI=1S/C34H60O4Si2/c1-12-13-14-15-16-20-25-30(37-39(8,9)33(2,3)4)26-21-17-18-22-27-31(28-23-19-24-29-32(35)36)38-40(10,11)34(5,6)7/h13-14,16-23,26-27,30-31H,12,15,24-25,28-29H2,1-11H3,(H,35,36)/b14-13-,18-17+,20-16-,23-19-,26-21-,27-22+/t30-,31+/m0/s1. The molecule has 0 aliphatic heterocycles. The van der Waals surface area contributed by atoms with Crippen molar-refractivity contribution in [3.63, 3.8) is 0 Å². The van der Waals surface area contributed by atoms with Gasteiger partial charge in [-0.25, -0.2) is 0 Å². The molecule has 0 aromatic rings. The van der Waals surface area contributed by atoms with Gasteiger partial charge < -0.3 is 14.0 Å². The van der Waals surface area contributed by atoms with Gasteiger partial charge >= 0.3 is 5.97 Å². The number of aliphatic carboxylic acids is 1. The molecule has 6 heteroatoms. The van der Waals surface area contributed by atoms with Crippen molar-refractivity contribution >= 4 is 22.6 Å². The van der Waals surface area contributed by atoms with E-state index in [9.17, 15) is 4.79 Å². The van der Waals surface area contributed by atoms with Gasteiger partial charge in [0, 0.05) is 6.42 Å². The number of rotatable bonds is 18. The summed E-state index contributed by atoms with van der Waals surface area (Å²) in [7, 11) is -3.84. The van der Waals surface area contributed by atoms with Crippen molar-refractivity contribution < 1.29 is 18.8 Å². The Morgan fingerprint density at radius 3 is 1.52 bits per heavy atom. The summed E-state index contributed by atoms with van der Waals surface area (Å²) in [6.07, 6.45) is 29.7. The average Bonchev–Trinajstić information content (AvgIpc) is 2.80. The fraction of sp³-hybridized carbons (Fsp3) is 0.618. The Morgan fingerprint density at radius 2 is 1.12 bits per heavy atom. The first-order chi connectivity index (χ1) is 18.4. The molecule has 0 rings (SSSR count). The molecule has 0 aromatic carbocycles. The SMILES string of the molecule is CC/C=C\C/C=C\C[C@@H](\C=C/C=C/C=C/[C@H](C/C=C\CCC(=O)O)O[Si](C)(C)C(C)(C)C)O[Si](C)(C)C(C)(C)C. The van der Waals surface area contributed by atoms with E-state index in [4.69, 9.17) is 14.0 Å². The van der Waals surface area contributed by atoms with Crippen LogP contribution < -0.4 is 0 Å². The first-order valence-corrected chi connectivity index (χ1v) is 20.8. The van der Waals surface area contributed by atoms with E-state index in [1.165, 1.54) is 0 Å². The van der Waals surface area contributed by atoms with Crippen LogP contribution in [0.3, 0.4) is 0 Å². The molecule has 2 atom stereocenters. The average molecular weight is 589 g/mol. The third kappa shape index (κ3) is 17.2. The molecule has 0 saturated heterocycles. The van der Waals surface area contributed by atoms with E-state index in [2.05, 4.69) is 129 Å². The minimum Gasteiger partial charge on any atom is -0.481 e. The van der Waals surface area contributed by atoms with Crippen LogP contribution in [-0.4, -0.2) is 39.9 Å². The zero-order chi connectivity index (χ0) is 30.9. The fourth-order valence-electron chi connectivity index (χ4n) is 3.17. The van der Waals surface area contributed by atoms with Gasteiger partial charge in [-0.2, -0.15) is 0 Å². The molecule has 4 nitrogen and oxygen atoms in total. The Hall–Kier alpha value is -1.74. The summed E-state index contributed by atoms with van der Waals surface area (Å²) < 4.78 is 13.4. The van der Waals surface area contributed by atoms with Crippen molar-refractivity contribution in [3.8, 4) is 0 Å². The second-order valence-electron chi connectivity index (χ2n) is 13.4. The quantitative estimate of drug-likeness (QED) is 0.0983. The lowest BCUT2D eigenvalue weighted by atomic mass is 10.2. The molecule has 0 aromatic heterocycles. The van der Waals surface area contributed by atoms with E-state index in [0.29, 0.717) is 6.42 Å². The zero-order valence-electron chi connectivity index (χ0n) is 27.5. The van der Waals surface area contributed by atoms with Crippen LogP contribution in [0.1, 0.15) is 87.0 Å². The highest BCUT2D eigenvalue weighted by Crippen LogP contribution is 2.38. The predicted molar refractivity (Wildman–Crippen MR) is 180 cm³/mol. The van der Waals surface area contributed by atoms with E-state index >= 15 is 0 Å². The van der Waals surface area contributed by atoms with E-state index in [-0.39, 0.29) is 28.7 Å². The lowest BCUT2D eigenvalue weighted by Gasteiger charge is -2.38. The number of carbonyl (C=O) groups is 1. The maximum atomic E-state index is 10.8. The summed E-state index contributed by atoms with van der Waals surface area (Å²) in [6, 6.07) is 0. The Balaban J connectivity index is 5.48. The number of hydrogen-bond donors (Lipinski definition) is 1. The maximum Gasteiger partial charge on any atom is 0.303 e. The first-order valence-electron chi connectivity index (χ1n) is 15.0. The Bertz CT molecular complexity index is 894. The van der Waals surface area contributed by atoms with Crippen LogP contribution in [0.15, 0.2) is 72.9 Å². The molecule has 0 fully saturated rings. The van der Waals surface area contributed by atoms with Crippen molar-refractivity contribution in [2.24, 2.45) is 0 Å². The highest BCUT2D eigenvalue weighted by Gasteiger charge is 2.39. The largest absolute Gasteiger partial charge is 0.481 e. The second kappa shape index (κ2) is 18.6. The summed E-state index contributed by atoms with van der Waals surface area (Å²) in [5, 5.41) is 9.14. The van der Waals surface area contributed by atoms with Crippen LogP contribution in [0.4, 0.5) is 0 Å².